The SMILES string of the molecule is CCOC(=O)C(C#N)=c1s/c(=C(/O)NN=Cc2ccc(OC)cc2)c(=N)n1-c1ccccc1. The number of hydrazone groups is 1. The Morgan fingerprint density at radius 2 is 1.97 bits per heavy atom. The monoisotopic (exact) mass is 463 g/mol. The van der Waals surface area contributed by atoms with E-state index in [0.29, 0.717) is 11.4 Å². The highest BCUT2D eigenvalue weighted by Crippen LogP contribution is 2.09. The number of nitriles is 1. The van der Waals surface area contributed by atoms with Gasteiger partial charge in [-0.2, -0.15) is 10.4 Å². The Kier molecular flexibility index (Phi) is 7.62. The lowest BCUT2D eigenvalue weighted by Gasteiger charge is -2.04. The Morgan fingerprint density at radius 3 is 2.58 bits per heavy atom. The van der Waals surface area contributed by atoms with E-state index in [1.807, 2.05) is 6.07 Å². The Bertz CT molecular complexity index is 1380. The first-order chi connectivity index (χ1) is 16.0. The lowest BCUT2D eigenvalue weighted by atomic mass is 10.2. The van der Waals surface area contributed by atoms with Crippen LogP contribution in [0.4, 0.5) is 0 Å². The van der Waals surface area contributed by atoms with Crippen molar-refractivity contribution in [1.29, 1.82) is 10.7 Å². The van der Waals surface area contributed by atoms with E-state index >= 15 is 0 Å². The number of aliphatic hydroxyl groups excluding tert-OH is 1. The molecule has 0 saturated carbocycles. The lowest BCUT2D eigenvalue weighted by molar-refractivity contribution is -0.136. The zero-order valence-corrected chi connectivity index (χ0v) is 18.7. The molecule has 2 aromatic carbocycles. The van der Waals surface area contributed by atoms with Crippen LogP contribution >= 0.6 is 11.3 Å². The zero-order valence-electron chi connectivity index (χ0n) is 17.9. The molecule has 1 heterocycles. The molecular weight excluding hydrogens is 442 g/mol. The minimum atomic E-state index is -0.803. The predicted molar refractivity (Wildman–Crippen MR) is 124 cm³/mol. The summed E-state index contributed by atoms with van der Waals surface area (Å²) in [7, 11) is 1.57. The summed E-state index contributed by atoms with van der Waals surface area (Å²) in [5.41, 5.74) is 3.42. The number of hydrogen-bond acceptors (Lipinski definition) is 9. The van der Waals surface area contributed by atoms with Crippen LogP contribution in [0.1, 0.15) is 12.5 Å². The summed E-state index contributed by atoms with van der Waals surface area (Å²) in [5, 5.41) is 32.8. The van der Waals surface area contributed by atoms with Gasteiger partial charge in [0.25, 0.3) is 0 Å². The Hall–Kier alpha value is -4.36. The van der Waals surface area contributed by atoms with Gasteiger partial charge in [0.05, 0.1) is 19.9 Å². The van der Waals surface area contributed by atoms with Crippen LogP contribution < -0.4 is 24.8 Å². The number of rotatable bonds is 7. The molecule has 3 N–H and O–H groups in total. The molecule has 0 fully saturated rings. The van der Waals surface area contributed by atoms with Crippen molar-refractivity contribution in [3.05, 3.63) is 74.8 Å². The second-order valence-electron chi connectivity index (χ2n) is 6.45. The molecule has 0 saturated heterocycles. The highest BCUT2D eigenvalue weighted by molar-refractivity contribution is 7.07. The standard InChI is InChI=1S/C23H21N5O4S/c1-3-32-23(30)18(13-24)22-28(16-7-5-4-6-8-16)20(25)19(33-22)21(29)27-26-14-15-9-11-17(31-2)12-10-15/h4-12,14,25,27,29H,3H2,1-2H3/b21-19+,22-18?,25-20?,26-14?. The summed E-state index contributed by atoms with van der Waals surface area (Å²) in [4.78, 5) is 12.4. The van der Waals surface area contributed by atoms with Gasteiger partial charge < -0.3 is 14.6 Å². The summed E-state index contributed by atoms with van der Waals surface area (Å²) in [6, 6.07) is 17.8. The molecule has 0 spiro atoms. The van der Waals surface area contributed by atoms with Gasteiger partial charge in [-0.3, -0.25) is 9.98 Å². The van der Waals surface area contributed by atoms with Crippen molar-refractivity contribution < 1.29 is 19.4 Å². The fourth-order valence-corrected chi connectivity index (χ4v) is 3.88. The third kappa shape index (κ3) is 5.28. The minimum absolute atomic E-state index is 0.0952. The number of aromatic nitrogens is 1. The maximum absolute atomic E-state index is 12.4. The lowest BCUT2D eigenvalue weighted by Crippen LogP contribution is -2.34. The smallest absolute Gasteiger partial charge is 0.351 e. The second kappa shape index (κ2) is 10.8. The van der Waals surface area contributed by atoms with E-state index in [0.717, 1.165) is 16.9 Å². The number of aliphatic hydroxyl groups is 1. The maximum Gasteiger partial charge on any atom is 0.351 e. The first-order valence-corrected chi connectivity index (χ1v) is 10.6. The summed E-state index contributed by atoms with van der Waals surface area (Å²) in [5.74, 6) is -0.495. The molecule has 10 heteroatoms. The summed E-state index contributed by atoms with van der Waals surface area (Å²) in [6.07, 6.45) is 1.49. The number of para-hydroxylation sites is 1. The molecule has 0 unspecified atom stereocenters. The molecule has 33 heavy (non-hydrogen) atoms. The largest absolute Gasteiger partial charge is 0.497 e. The van der Waals surface area contributed by atoms with Crippen LogP contribution in [0.15, 0.2) is 59.7 Å². The van der Waals surface area contributed by atoms with Gasteiger partial charge in [-0.25, -0.2) is 10.2 Å². The van der Waals surface area contributed by atoms with E-state index in [1.54, 1.807) is 68.6 Å². The third-order valence-electron chi connectivity index (χ3n) is 4.38. The molecule has 0 radical (unpaired) electrons. The van der Waals surface area contributed by atoms with Crippen LogP contribution in [-0.2, 0) is 9.53 Å². The number of nitrogens with one attached hydrogen (secondary N) is 2. The van der Waals surface area contributed by atoms with Crippen LogP contribution in [0.5, 0.6) is 5.75 Å². The van der Waals surface area contributed by atoms with Gasteiger partial charge in [0, 0.05) is 5.69 Å². The Labute approximate surface area is 193 Å². The number of carbonyl (C=O) groups excluding carboxylic acids is 1. The highest BCUT2D eigenvalue weighted by atomic mass is 32.1. The van der Waals surface area contributed by atoms with Gasteiger partial charge in [-0.15, -0.1) is 11.3 Å². The summed E-state index contributed by atoms with van der Waals surface area (Å²) in [6.45, 7) is 1.73. The molecule has 0 atom stereocenters. The van der Waals surface area contributed by atoms with Crippen LogP contribution in [0.25, 0.3) is 17.1 Å². The van der Waals surface area contributed by atoms with E-state index in [4.69, 9.17) is 14.9 Å². The zero-order chi connectivity index (χ0) is 23.8. The van der Waals surface area contributed by atoms with Gasteiger partial charge in [-0.05, 0) is 48.9 Å². The molecule has 0 aliphatic rings. The minimum Gasteiger partial charge on any atom is -0.497 e. The molecule has 3 rings (SSSR count). The van der Waals surface area contributed by atoms with Crippen molar-refractivity contribution in [1.82, 2.24) is 9.99 Å². The average Bonchev–Trinajstić information content (AvgIpc) is 3.17. The molecule has 168 valence electrons. The topological polar surface area (TPSA) is 133 Å². The van der Waals surface area contributed by atoms with Crippen molar-refractivity contribution >= 4 is 35.0 Å². The number of benzene rings is 2. The van der Waals surface area contributed by atoms with E-state index in [1.165, 1.54) is 10.8 Å². The van der Waals surface area contributed by atoms with E-state index < -0.39 is 11.9 Å². The number of nitrogens with zero attached hydrogens (tertiary/aromatic N) is 3. The predicted octanol–water partition coefficient (Wildman–Crippen LogP) is 1.51. The first-order valence-electron chi connectivity index (χ1n) is 9.80. The van der Waals surface area contributed by atoms with E-state index in [2.05, 4.69) is 10.5 Å². The van der Waals surface area contributed by atoms with Gasteiger partial charge in [0.2, 0.25) is 5.88 Å². The first kappa shape index (κ1) is 23.3. The molecule has 9 nitrogen and oxygen atoms in total. The van der Waals surface area contributed by atoms with Gasteiger partial charge in [-0.1, -0.05) is 18.2 Å². The normalized spacial score (nSPS) is 12.6. The highest BCUT2D eigenvalue weighted by Gasteiger charge is 2.17. The van der Waals surface area contributed by atoms with E-state index in [-0.39, 0.29) is 26.9 Å². The molecule has 1 aromatic heterocycles. The third-order valence-corrected chi connectivity index (χ3v) is 5.55. The number of carbonyl (C=O) groups is 1. The number of thiazole rings is 1. The van der Waals surface area contributed by atoms with Crippen LogP contribution in [-0.4, -0.2) is 35.6 Å². The van der Waals surface area contributed by atoms with Crippen molar-refractivity contribution in [2.45, 2.75) is 6.92 Å². The van der Waals surface area contributed by atoms with Crippen LogP contribution in [0.2, 0.25) is 0 Å². The fourth-order valence-electron chi connectivity index (χ4n) is 2.83. The second-order valence-corrected chi connectivity index (χ2v) is 7.45. The molecule has 0 bridgehead atoms. The molecular formula is C23H21N5O4S. The summed E-state index contributed by atoms with van der Waals surface area (Å²) < 4.78 is 11.8. The molecule has 0 amide bonds. The summed E-state index contributed by atoms with van der Waals surface area (Å²) >= 11 is 0.902. The van der Waals surface area contributed by atoms with Crippen LogP contribution in [0, 0.1) is 16.7 Å². The molecule has 3 aromatic rings. The average molecular weight is 464 g/mol. The number of esters is 1. The quantitative estimate of drug-likeness (QED) is 0.276. The van der Waals surface area contributed by atoms with Crippen molar-refractivity contribution in [3.8, 4) is 17.5 Å². The van der Waals surface area contributed by atoms with Gasteiger partial charge in [0.15, 0.2) is 11.1 Å². The molecule has 0 aliphatic carbocycles. The van der Waals surface area contributed by atoms with Crippen molar-refractivity contribution in [2.75, 3.05) is 13.7 Å². The number of methoxy groups -OCH3 is 1. The maximum atomic E-state index is 12.4. The van der Waals surface area contributed by atoms with Gasteiger partial charge >= 0.3 is 5.97 Å². The molecule has 0 aliphatic heterocycles. The number of hydrogen-bond donors (Lipinski definition) is 3. The van der Waals surface area contributed by atoms with Crippen molar-refractivity contribution in [2.24, 2.45) is 5.10 Å². The Balaban J connectivity index is 2.12. The van der Waals surface area contributed by atoms with Crippen LogP contribution in [0.3, 0.4) is 0 Å². The van der Waals surface area contributed by atoms with E-state index in [9.17, 15) is 15.2 Å². The Morgan fingerprint density at radius 1 is 1.27 bits per heavy atom. The van der Waals surface area contributed by atoms with Gasteiger partial charge in [0.1, 0.15) is 21.0 Å². The van der Waals surface area contributed by atoms with Crippen molar-refractivity contribution in [3.63, 3.8) is 0 Å². The number of ether oxygens (including phenoxy) is 2. The fraction of sp³-hybridized carbons (Fsp3) is 0.130.